The fraction of sp³-hybridized carbons (Fsp3) is 0.500. The molecule has 28 heavy (non-hydrogen) atoms. The second kappa shape index (κ2) is 7.86. The molecule has 5 rings (SSSR count). The van der Waals surface area contributed by atoms with Crippen molar-refractivity contribution in [3.8, 4) is 16.9 Å². The smallest absolute Gasteiger partial charge is 0.119 e. The van der Waals surface area contributed by atoms with Crippen LogP contribution in [0.4, 0.5) is 0 Å². The quantitative estimate of drug-likeness (QED) is 0.863. The SMILES string of the molecule is COc1cccc(-c2ccc(C3[C@H]4CNC[C@@H]3N4CC3CCOCC3)cc2)c1. The van der Waals surface area contributed by atoms with Crippen molar-refractivity contribution in [1.29, 1.82) is 0 Å². The lowest BCUT2D eigenvalue weighted by Crippen LogP contribution is -2.73. The van der Waals surface area contributed by atoms with Crippen molar-refractivity contribution in [1.82, 2.24) is 10.2 Å². The van der Waals surface area contributed by atoms with Gasteiger partial charge in [0, 0.05) is 50.8 Å². The number of likely N-dealkylation sites (tertiary alicyclic amines) is 1. The summed E-state index contributed by atoms with van der Waals surface area (Å²) in [6, 6.07) is 18.8. The van der Waals surface area contributed by atoms with Gasteiger partial charge in [0.1, 0.15) is 5.75 Å². The summed E-state index contributed by atoms with van der Waals surface area (Å²) in [6.45, 7) is 5.37. The van der Waals surface area contributed by atoms with Crippen LogP contribution in [0.2, 0.25) is 0 Å². The zero-order valence-corrected chi connectivity index (χ0v) is 16.6. The number of nitrogens with one attached hydrogen (secondary N) is 1. The van der Waals surface area contributed by atoms with E-state index in [-0.39, 0.29) is 0 Å². The van der Waals surface area contributed by atoms with E-state index in [2.05, 4.69) is 52.7 Å². The second-order valence-corrected chi connectivity index (χ2v) is 8.43. The minimum absolute atomic E-state index is 0.643. The molecule has 3 atom stereocenters. The number of hydrogen-bond donors (Lipinski definition) is 1. The molecule has 0 saturated carbocycles. The van der Waals surface area contributed by atoms with E-state index < -0.39 is 0 Å². The summed E-state index contributed by atoms with van der Waals surface area (Å²) in [6.07, 6.45) is 2.45. The molecule has 2 aromatic carbocycles. The van der Waals surface area contributed by atoms with E-state index >= 15 is 0 Å². The average molecular weight is 379 g/mol. The number of piperazine rings is 1. The minimum atomic E-state index is 0.643. The van der Waals surface area contributed by atoms with Crippen molar-refractivity contribution in [2.45, 2.75) is 30.8 Å². The lowest BCUT2D eigenvalue weighted by molar-refractivity contribution is -0.0628. The molecule has 3 aliphatic heterocycles. The average Bonchev–Trinajstić information content (AvgIpc) is 2.78. The first-order valence-corrected chi connectivity index (χ1v) is 10.6. The summed E-state index contributed by atoms with van der Waals surface area (Å²) < 4.78 is 10.9. The van der Waals surface area contributed by atoms with Crippen LogP contribution < -0.4 is 10.1 Å². The van der Waals surface area contributed by atoms with Gasteiger partial charge in [-0.1, -0.05) is 36.4 Å². The van der Waals surface area contributed by atoms with Crippen molar-refractivity contribution in [3.05, 3.63) is 54.1 Å². The first kappa shape index (κ1) is 18.2. The molecule has 3 saturated heterocycles. The molecule has 0 radical (unpaired) electrons. The summed E-state index contributed by atoms with van der Waals surface area (Å²) in [4.78, 5) is 2.77. The highest BCUT2D eigenvalue weighted by molar-refractivity contribution is 5.65. The third-order valence-electron chi connectivity index (χ3n) is 6.90. The number of methoxy groups -OCH3 is 1. The molecule has 3 heterocycles. The van der Waals surface area contributed by atoms with Crippen LogP contribution in [0.1, 0.15) is 24.3 Å². The monoisotopic (exact) mass is 378 g/mol. The second-order valence-electron chi connectivity index (χ2n) is 8.43. The van der Waals surface area contributed by atoms with Gasteiger partial charge < -0.3 is 14.8 Å². The number of fused-ring (bicyclic) bond motifs is 2. The summed E-state index contributed by atoms with van der Waals surface area (Å²) in [5.41, 5.74) is 3.96. The maximum Gasteiger partial charge on any atom is 0.119 e. The first-order valence-electron chi connectivity index (χ1n) is 10.6. The van der Waals surface area contributed by atoms with Crippen molar-refractivity contribution in [2.24, 2.45) is 5.92 Å². The van der Waals surface area contributed by atoms with E-state index in [9.17, 15) is 0 Å². The molecule has 2 aromatic rings. The van der Waals surface area contributed by atoms with Gasteiger partial charge in [0.25, 0.3) is 0 Å². The third-order valence-corrected chi connectivity index (χ3v) is 6.90. The Balaban J connectivity index is 1.30. The molecule has 3 fully saturated rings. The van der Waals surface area contributed by atoms with Gasteiger partial charge in [-0.2, -0.15) is 0 Å². The van der Waals surface area contributed by atoms with Crippen LogP contribution in [-0.2, 0) is 4.74 Å². The van der Waals surface area contributed by atoms with E-state index in [4.69, 9.17) is 9.47 Å². The third kappa shape index (κ3) is 3.34. The Labute approximate surface area is 167 Å². The normalized spacial score (nSPS) is 28.0. The van der Waals surface area contributed by atoms with Crippen molar-refractivity contribution in [3.63, 3.8) is 0 Å². The molecular formula is C24H30N2O2. The number of piperidine rings is 1. The van der Waals surface area contributed by atoms with Gasteiger partial charge in [-0.3, -0.25) is 4.90 Å². The number of nitrogens with zero attached hydrogens (tertiary/aromatic N) is 1. The highest BCUT2D eigenvalue weighted by atomic mass is 16.5. The zero-order chi connectivity index (χ0) is 18.9. The molecule has 0 amide bonds. The molecule has 0 aliphatic carbocycles. The van der Waals surface area contributed by atoms with Crippen LogP contribution in [0, 0.1) is 5.92 Å². The van der Waals surface area contributed by atoms with Crippen LogP contribution in [0.3, 0.4) is 0 Å². The minimum Gasteiger partial charge on any atom is -0.497 e. The van der Waals surface area contributed by atoms with E-state index in [0.29, 0.717) is 18.0 Å². The Morgan fingerprint density at radius 2 is 1.75 bits per heavy atom. The van der Waals surface area contributed by atoms with Gasteiger partial charge in [-0.15, -0.1) is 0 Å². The van der Waals surface area contributed by atoms with Crippen LogP contribution in [0.15, 0.2) is 48.5 Å². The molecule has 4 nitrogen and oxygen atoms in total. The van der Waals surface area contributed by atoms with Crippen LogP contribution in [0.5, 0.6) is 5.75 Å². The Hall–Kier alpha value is -1.88. The largest absolute Gasteiger partial charge is 0.497 e. The Morgan fingerprint density at radius 3 is 2.46 bits per heavy atom. The van der Waals surface area contributed by atoms with Gasteiger partial charge >= 0.3 is 0 Å². The lowest BCUT2D eigenvalue weighted by Gasteiger charge is -2.60. The highest BCUT2D eigenvalue weighted by Crippen LogP contribution is 2.43. The number of hydrogen-bond acceptors (Lipinski definition) is 4. The first-order chi connectivity index (χ1) is 13.8. The summed E-state index contributed by atoms with van der Waals surface area (Å²) in [5, 5.41) is 3.62. The maximum absolute atomic E-state index is 5.54. The predicted octanol–water partition coefficient (Wildman–Crippen LogP) is 3.53. The molecule has 148 valence electrons. The molecule has 0 aromatic heterocycles. The van der Waals surface area contributed by atoms with E-state index in [0.717, 1.165) is 38.0 Å². The van der Waals surface area contributed by atoms with E-state index in [1.54, 1.807) is 7.11 Å². The fourth-order valence-corrected chi connectivity index (χ4v) is 5.32. The van der Waals surface area contributed by atoms with Gasteiger partial charge in [0.15, 0.2) is 0 Å². The van der Waals surface area contributed by atoms with Crippen LogP contribution in [0.25, 0.3) is 11.1 Å². The topological polar surface area (TPSA) is 33.7 Å². The fourth-order valence-electron chi connectivity index (χ4n) is 5.32. The summed E-state index contributed by atoms with van der Waals surface area (Å²) >= 11 is 0. The molecule has 2 bridgehead atoms. The van der Waals surface area contributed by atoms with Gasteiger partial charge in [0.05, 0.1) is 7.11 Å². The van der Waals surface area contributed by atoms with Crippen molar-refractivity contribution >= 4 is 0 Å². The molecule has 0 spiro atoms. The highest BCUT2D eigenvalue weighted by Gasteiger charge is 2.51. The Bertz CT molecular complexity index is 789. The maximum atomic E-state index is 5.54. The van der Waals surface area contributed by atoms with Crippen molar-refractivity contribution < 1.29 is 9.47 Å². The number of rotatable bonds is 5. The van der Waals surface area contributed by atoms with Crippen LogP contribution >= 0.6 is 0 Å². The molecular weight excluding hydrogens is 348 g/mol. The Kier molecular flexibility index (Phi) is 5.10. The molecule has 4 heteroatoms. The predicted molar refractivity (Wildman–Crippen MR) is 112 cm³/mol. The zero-order valence-electron chi connectivity index (χ0n) is 16.6. The van der Waals surface area contributed by atoms with E-state index in [1.807, 2.05) is 6.07 Å². The Morgan fingerprint density at radius 1 is 1.00 bits per heavy atom. The molecule has 1 unspecified atom stereocenters. The lowest BCUT2D eigenvalue weighted by atomic mass is 9.71. The number of ether oxygens (including phenoxy) is 2. The van der Waals surface area contributed by atoms with Gasteiger partial charge in [0.2, 0.25) is 0 Å². The summed E-state index contributed by atoms with van der Waals surface area (Å²) in [7, 11) is 1.72. The van der Waals surface area contributed by atoms with Crippen LogP contribution in [-0.4, -0.2) is 56.9 Å². The van der Waals surface area contributed by atoms with Crippen molar-refractivity contribution in [2.75, 3.05) is 40.0 Å². The van der Waals surface area contributed by atoms with Gasteiger partial charge in [-0.25, -0.2) is 0 Å². The molecule has 3 aliphatic rings. The molecule has 1 N–H and O–H groups in total. The number of benzene rings is 2. The van der Waals surface area contributed by atoms with Gasteiger partial charge in [-0.05, 0) is 47.6 Å². The standard InChI is InChI=1S/C24H30N2O2/c1-27-21-4-2-3-20(13-21)18-5-7-19(8-6-18)24-22-14-25-15-23(24)26(22)16-17-9-11-28-12-10-17/h2-8,13,17,22-25H,9-12,14-16H2,1H3/t22-,23+,24?. The summed E-state index contributed by atoms with van der Waals surface area (Å²) in [5.74, 6) is 2.39. The van der Waals surface area contributed by atoms with E-state index in [1.165, 1.54) is 36.1 Å².